The third-order valence-electron chi connectivity index (χ3n) is 14.9. The lowest BCUT2D eigenvalue weighted by molar-refractivity contribution is -0.134. The number of aliphatic carboxylic acids is 2. The van der Waals surface area contributed by atoms with Crippen molar-refractivity contribution in [3.05, 3.63) is 248 Å². The first-order chi connectivity index (χ1) is 47.7. The van der Waals surface area contributed by atoms with Crippen LogP contribution in [0.15, 0.2) is 260 Å². The standard InChI is InChI=1S/C25H20FNO4S2.C24H17F2NO5S2.C24H21NO6S2/c1-16(28)15-32-24-14-23(21-4-2-3-5-22(21)25(24)29)27-33(30,31)20-12-8-18(9-13-20)17-6-10-19(26)11-7-17;25-15-7-10-17(20(26)11-15)14-5-8-16(9-6-14)34(31,32)27-21-12-22(33-13-23(28)29)24(30)19-4-2-1-3-18(19)21;1-2-31-16-10-11-17-15(12-16)6-5-9-22(17)33(29,30)25-20-13-21(32-14-23(26)27)24(28)19-8-4-3-7-18(19)20/h2-14,27-29H,1,15H2;1-12,27,30H,13H2,(H,28,29);3-13,25,28H,2,14H2,1H3,(H,26,27). The van der Waals surface area contributed by atoms with E-state index in [4.69, 9.17) is 14.9 Å². The topological polar surface area (TPSA) is 303 Å². The number of benzene rings is 12. The van der Waals surface area contributed by atoms with Crippen molar-refractivity contribution in [2.45, 2.75) is 36.3 Å². The minimum Gasteiger partial charge on any atom is -0.512 e. The lowest BCUT2D eigenvalue weighted by Gasteiger charge is -2.16. The summed E-state index contributed by atoms with van der Waals surface area (Å²) in [6, 6.07) is 55.6. The van der Waals surface area contributed by atoms with Gasteiger partial charge in [-0.1, -0.05) is 128 Å². The molecule has 0 saturated carbocycles. The van der Waals surface area contributed by atoms with Crippen molar-refractivity contribution in [1.82, 2.24) is 0 Å². The molecule has 512 valence electrons. The molecule has 0 fully saturated rings. The van der Waals surface area contributed by atoms with E-state index in [9.17, 15) is 68.4 Å². The fourth-order valence-electron chi connectivity index (χ4n) is 10.4. The quantitative estimate of drug-likeness (QED) is 0.0173. The molecular formula is C73H58F3N3O15S6. The van der Waals surface area contributed by atoms with Gasteiger partial charge >= 0.3 is 11.9 Å². The lowest BCUT2D eigenvalue weighted by Crippen LogP contribution is -2.14. The number of aliphatic hydroxyl groups is 1. The molecule has 0 aliphatic carbocycles. The number of sulfonamides is 3. The number of aliphatic hydroxyl groups excluding tert-OH is 1. The van der Waals surface area contributed by atoms with E-state index in [2.05, 4.69) is 20.7 Å². The van der Waals surface area contributed by atoms with Crippen molar-refractivity contribution in [1.29, 1.82) is 0 Å². The molecule has 9 N–H and O–H groups in total. The molecular weight excluding hydrogens is 1410 g/mol. The number of phenols is 3. The summed E-state index contributed by atoms with van der Waals surface area (Å²) >= 11 is 2.92. The van der Waals surface area contributed by atoms with E-state index in [1.54, 1.807) is 121 Å². The second-order valence-corrected chi connectivity index (χ2v) is 29.8. The molecule has 0 amide bonds. The Morgan fingerprint density at radius 2 is 0.830 bits per heavy atom. The van der Waals surface area contributed by atoms with Gasteiger partial charge in [0, 0.05) is 49.3 Å². The number of aromatic hydroxyl groups is 3. The fourth-order valence-corrected chi connectivity index (χ4v) is 16.0. The third-order valence-corrected chi connectivity index (χ3v) is 22.2. The van der Waals surface area contributed by atoms with Crippen LogP contribution in [0.4, 0.5) is 30.2 Å². The van der Waals surface area contributed by atoms with E-state index in [0.717, 1.165) is 63.9 Å². The van der Waals surface area contributed by atoms with Crippen LogP contribution < -0.4 is 18.9 Å². The van der Waals surface area contributed by atoms with E-state index >= 15 is 0 Å². The van der Waals surface area contributed by atoms with Crippen molar-refractivity contribution in [2.75, 3.05) is 38.0 Å². The molecule has 12 rings (SSSR count). The first-order valence-corrected chi connectivity index (χ1v) is 37.2. The Balaban J connectivity index is 0.000000162. The number of phenolic OH excluding ortho intramolecular Hbond substituents is 3. The van der Waals surface area contributed by atoms with E-state index < -0.39 is 53.6 Å². The Bertz CT molecular complexity index is 5490. The summed E-state index contributed by atoms with van der Waals surface area (Å²) in [5, 5.41) is 63.1. The van der Waals surface area contributed by atoms with Gasteiger partial charge in [0.25, 0.3) is 30.1 Å². The Hall–Kier alpha value is -10.6. The largest absolute Gasteiger partial charge is 0.512 e. The van der Waals surface area contributed by atoms with Crippen LogP contribution in [-0.4, -0.2) is 91.7 Å². The average Bonchev–Trinajstić information content (AvgIpc) is 0.780. The second-order valence-electron chi connectivity index (χ2n) is 21.7. The van der Waals surface area contributed by atoms with Gasteiger partial charge in [0.2, 0.25) is 0 Å². The Kier molecular flexibility index (Phi) is 22.5. The van der Waals surface area contributed by atoms with Crippen LogP contribution in [0, 0.1) is 17.5 Å². The van der Waals surface area contributed by atoms with Gasteiger partial charge in [-0.3, -0.25) is 23.8 Å². The smallest absolute Gasteiger partial charge is 0.313 e. The second kappa shape index (κ2) is 31.1. The van der Waals surface area contributed by atoms with Crippen molar-refractivity contribution < 1.29 is 83.4 Å². The highest BCUT2D eigenvalue weighted by Crippen LogP contribution is 2.44. The molecule has 0 aliphatic heterocycles. The number of carbonyl (C=O) groups is 2. The van der Waals surface area contributed by atoms with Gasteiger partial charge in [-0.05, 0) is 120 Å². The summed E-state index contributed by atoms with van der Waals surface area (Å²) in [6.07, 6.45) is 0. The van der Waals surface area contributed by atoms with E-state index in [1.165, 1.54) is 78.9 Å². The van der Waals surface area contributed by atoms with Crippen LogP contribution >= 0.6 is 35.3 Å². The first kappa shape index (κ1) is 72.2. The molecule has 12 aromatic carbocycles. The molecule has 0 radical (unpaired) electrons. The summed E-state index contributed by atoms with van der Waals surface area (Å²) < 4.78 is 133. The Morgan fingerprint density at radius 1 is 0.430 bits per heavy atom. The number of halogens is 3. The van der Waals surface area contributed by atoms with Crippen LogP contribution in [0.3, 0.4) is 0 Å². The number of ether oxygens (including phenoxy) is 1. The predicted molar refractivity (Wildman–Crippen MR) is 387 cm³/mol. The molecule has 100 heavy (non-hydrogen) atoms. The molecule has 0 atom stereocenters. The zero-order valence-electron chi connectivity index (χ0n) is 52.3. The number of rotatable bonds is 22. The molecule has 0 aliphatic rings. The maximum absolute atomic E-state index is 14.1. The van der Waals surface area contributed by atoms with Crippen LogP contribution in [0.5, 0.6) is 23.0 Å². The normalized spacial score (nSPS) is 11.5. The maximum atomic E-state index is 14.1. The van der Waals surface area contributed by atoms with Crippen molar-refractivity contribution in [3.8, 4) is 45.3 Å². The molecule has 27 heteroatoms. The fraction of sp³-hybridized carbons (Fsp3) is 0.0685. The number of thioether (sulfide) groups is 3. The molecule has 0 spiro atoms. The molecule has 0 aromatic heterocycles. The van der Waals surface area contributed by atoms with Gasteiger partial charge < -0.3 is 35.4 Å². The first-order valence-electron chi connectivity index (χ1n) is 29.8. The molecule has 0 heterocycles. The summed E-state index contributed by atoms with van der Waals surface area (Å²) in [5.74, 6) is -4.03. The zero-order valence-corrected chi connectivity index (χ0v) is 57.2. The zero-order chi connectivity index (χ0) is 71.6. The van der Waals surface area contributed by atoms with E-state index in [0.29, 0.717) is 66.2 Å². The van der Waals surface area contributed by atoms with Crippen LogP contribution in [0.1, 0.15) is 6.92 Å². The minimum absolute atomic E-state index is 0.00319. The number of hydrogen-bond donors (Lipinski definition) is 9. The van der Waals surface area contributed by atoms with Gasteiger partial charge in [0.1, 0.15) is 40.4 Å². The van der Waals surface area contributed by atoms with E-state index in [1.807, 2.05) is 13.0 Å². The summed E-state index contributed by atoms with van der Waals surface area (Å²) in [4.78, 5) is 22.9. The number of carboxylic acids is 2. The molecule has 12 aromatic rings. The Labute approximate surface area is 584 Å². The molecule has 0 bridgehead atoms. The van der Waals surface area contributed by atoms with Gasteiger partial charge in [0.15, 0.2) is 0 Å². The number of nitrogens with one attached hydrogen (secondary N) is 3. The highest BCUT2D eigenvalue weighted by Gasteiger charge is 2.24. The summed E-state index contributed by atoms with van der Waals surface area (Å²) in [7, 11) is -12.0. The molecule has 0 unspecified atom stereocenters. The highest BCUT2D eigenvalue weighted by molar-refractivity contribution is 8.00. The monoisotopic (exact) mass is 1470 g/mol. The third kappa shape index (κ3) is 17.1. The van der Waals surface area contributed by atoms with Gasteiger partial charge in [-0.25, -0.2) is 38.4 Å². The average molecular weight is 1470 g/mol. The van der Waals surface area contributed by atoms with Crippen LogP contribution in [0.2, 0.25) is 0 Å². The minimum atomic E-state index is -4.09. The number of hydrogen-bond acceptors (Lipinski definition) is 16. The summed E-state index contributed by atoms with van der Waals surface area (Å²) in [6.45, 7) is 5.82. The SMILES string of the molecule is C=C(O)CSc1cc(NS(=O)(=O)c2ccc(-c3ccc(F)cc3)cc2)c2ccccc2c1O.CCOc1ccc2c(S(=O)(=O)Nc3cc(SCC(=O)O)c(O)c4ccccc34)cccc2c1.O=C(O)CSc1cc(NS(=O)(=O)c2ccc(-c3ccc(F)cc3F)cc2)c2ccccc2c1O. The number of fused-ring (bicyclic) bond motifs is 4. The van der Waals surface area contributed by atoms with Crippen LogP contribution in [0.25, 0.3) is 65.3 Å². The van der Waals surface area contributed by atoms with Crippen molar-refractivity contribution in [3.63, 3.8) is 0 Å². The summed E-state index contributed by atoms with van der Waals surface area (Å²) in [5.41, 5.74) is 2.74. The predicted octanol–water partition coefficient (Wildman–Crippen LogP) is 16.9. The molecule has 0 saturated heterocycles. The lowest BCUT2D eigenvalue weighted by atomic mass is 10.1. The highest BCUT2D eigenvalue weighted by atomic mass is 32.2. The van der Waals surface area contributed by atoms with Crippen molar-refractivity contribution in [2.24, 2.45) is 0 Å². The van der Waals surface area contributed by atoms with Crippen molar-refractivity contribution >= 4 is 137 Å². The number of anilines is 3. The van der Waals surface area contributed by atoms with Gasteiger partial charge in [-0.2, -0.15) is 0 Å². The van der Waals surface area contributed by atoms with E-state index in [-0.39, 0.29) is 87.5 Å². The maximum Gasteiger partial charge on any atom is 0.313 e. The number of carboxylic acid groups (broad SMARTS) is 2. The van der Waals surface area contributed by atoms with Gasteiger partial charge in [-0.15, -0.1) is 35.3 Å². The van der Waals surface area contributed by atoms with Crippen LogP contribution in [-0.2, 0) is 39.7 Å². The Morgan fingerprint density at radius 3 is 1.25 bits per heavy atom. The molecule has 18 nitrogen and oxygen atoms in total. The van der Waals surface area contributed by atoms with Gasteiger partial charge in [0.05, 0.1) is 76.1 Å².